The Morgan fingerprint density at radius 1 is 1.33 bits per heavy atom. The van der Waals surface area contributed by atoms with E-state index in [0.717, 1.165) is 0 Å². The molecule has 0 radical (unpaired) electrons. The lowest BCUT2D eigenvalue weighted by molar-refractivity contribution is -0.182. The molecule has 0 aliphatic carbocycles. The van der Waals surface area contributed by atoms with E-state index < -0.39 is 25.7 Å². The van der Waals surface area contributed by atoms with Crippen LogP contribution in [0.25, 0.3) is 0 Å². The minimum Gasteiger partial charge on any atom is -0.341 e. The van der Waals surface area contributed by atoms with E-state index in [0.29, 0.717) is 0 Å². The summed E-state index contributed by atoms with van der Waals surface area (Å²) in [4.78, 5) is 0. The Labute approximate surface area is 80.6 Å². The van der Waals surface area contributed by atoms with Gasteiger partial charge in [0, 0.05) is 0 Å². The Hall–Kier alpha value is -1.30. The van der Waals surface area contributed by atoms with Gasteiger partial charge in [-0.25, -0.2) is 4.39 Å². The number of rotatable bonds is 2. The van der Waals surface area contributed by atoms with Gasteiger partial charge in [-0.2, -0.15) is 27.2 Å². The third-order valence-electron chi connectivity index (χ3n) is 0.343. The van der Waals surface area contributed by atoms with Gasteiger partial charge in [0.05, 0.1) is 0 Å². The van der Waals surface area contributed by atoms with Crippen molar-refractivity contribution in [1.82, 2.24) is 0 Å². The van der Waals surface area contributed by atoms with Gasteiger partial charge in [0.1, 0.15) is 6.61 Å². The van der Waals surface area contributed by atoms with Gasteiger partial charge in [-0.3, -0.25) is 0 Å². The zero-order valence-corrected chi connectivity index (χ0v) is 7.12. The third-order valence-corrected chi connectivity index (χ3v) is 0.343. The van der Waals surface area contributed by atoms with Crippen LogP contribution in [0.5, 0.6) is 0 Å². The standard InChI is InChI=1S/C3H4F4O.C2H2F2.CFN/c4-2-8-1-3(5,6)7;1-2(3)4;2-1-3/h1-2H2;1H2;. The van der Waals surface area contributed by atoms with Gasteiger partial charge in [0.2, 0.25) is 0 Å². The van der Waals surface area contributed by atoms with Gasteiger partial charge in [0.25, 0.3) is 12.4 Å². The van der Waals surface area contributed by atoms with E-state index in [1.165, 1.54) is 0 Å². The molecule has 0 bridgehead atoms. The summed E-state index contributed by atoms with van der Waals surface area (Å²) in [5.41, 5.74) is 0. The van der Waals surface area contributed by atoms with Crippen molar-refractivity contribution in [3.8, 4) is 6.32 Å². The Kier molecular flexibility index (Phi) is 16.3. The van der Waals surface area contributed by atoms with Gasteiger partial charge < -0.3 is 4.74 Å². The first kappa shape index (κ1) is 19.3. The van der Waals surface area contributed by atoms with Gasteiger partial charge in [-0.15, -0.1) is 4.39 Å². The summed E-state index contributed by atoms with van der Waals surface area (Å²) in [5, 5.41) is 6.65. The molecule has 2 nitrogen and oxygen atoms in total. The first-order chi connectivity index (χ1) is 6.71. The summed E-state index contributed by atoms with van der Waals surface area (Å²) < 4.78 is 76.9. The molecule has 0 fully saturated rings. The molecule has 0 aromatic rings. The Morgan fingerprint density at radius 2 is 1.60 bits per heavy atom. The molecule has 0 spiro atoms. The summed E-state index contributed by atoms with van der Waals surface area (Å²) >= 11 is 0. The van der Waals surface area contributed by atoms with E-state index in [4.69, 9.17) is 5.26 Å². The lowest BCUT2D eigenvalue weighted by atomic mass is 10.7. The van der Waals surface area contributed by atoms with Crippen molar-refractivity contribution in [2.24, 2.45) is 0 Å². The van der Waals surface area contributed by atoms with Crippen LogP contribution in [0.1, 0.15) is 0 Å². The maximum absolute atomic E-state index is 11.0. The summed E-state index contributed by atoms with van der Waals surface area (Å²) in [7, 11) is 0. The van der Waals surface area contributed by atoms with Crippen molar-refractivity contribution < 1.29 is 35.5 Å². The van der Waals surface area contributed by atoms with Crippen molar-refractivity contribution in [3.63, 3.8) is 0 Å². The maximum atomic E-state index is 11.0. The first-order valence-electron chi connectivity index (χ1n) is 2.91. The average Bonchev–Trinajstić information content (AvgIpc) is 2.00. The highest BCUT2D eigenvalue weighted by molar-refractivity contribution is 4.57. The molecule has 0 atom stereocenters. The van der Waals surface area contributed by atoms with Crippen LogP contribution < -0.4 is 0 Å². The lowest BCUT2D eigenvalue weighted by Crippen LogP contribution is -2.16. The van der Waals surface area contributed by atoms with Crippen LogP contribution in [0.15, 0.2) is 12.7 Å². The monoisotopic (exact) mass is 241 g/mol. The molecule has 0 amide bonds. The van der Waals surface area contributed by atoms with E-state index in [2.05, 4.69) is 11.3 Å². The number of hydrogen-bond acceptors (Lipinski definition) is 2. The van der Waals surface area contributed by atoms with Crippen molar-refractivity contribution in [3.05, 3.63) is 12.7 Å². The summed E-state index contributed by atoms with van der Waals surface area (Å²) in [6.45, 7) is -0.678. The van der Waals surface area contributed by atoms with Crippen LogP contribution in [-0.2, 0) is 4.74 Å². The molecule has 0 saturated heterocycles. The van der Waals surface area contributed by atoms with Crippen molar-refractivity contribution in [2.75, 3.05) is 13.5 Å². The molecule has 90 valence electrons. The topological polar surface area (TPSA) is 33.0 Å². The van der Waals surface area contributed by atoms with Gasteiger partial charge in [-0.1, -0.05) is 0 Å². The number of nitriles is 1. The predicted octanol–water partition coefficient (Wildman–Crippen LogP) is 3.33. The zero-order chi connectivity index (χ0) is 12.9. The van der Waals surface area contributed by atoms with Gasteiger partial charge in [-0.05, 0) is 6.58 Å². The molecule has 0 saturated carbocycles. The highest BCUT2D eigenvalue weighted by Crippen LogP contribution is 2.13. The van der Waals surface area contributed by atoms with E-state index in [1.807, 2.05) is 0 Å². The van der Waals surface area contributed by atoms with Crippen LogP contribution in [0.2, 0.25) is 0 Å². The van der Waals surface area contributed by atoms with Crippen molar-refractivity contribution in [1.29, 1.82) is 5.26 Å². The lowest BCUT2D eigenvalue weighted by Gasteiger charge is -2.02. The molecular formula is C6H6F7NO. The molecule has 0 heterocycles. The van der Waals surface area contributed by atoms with Crippen LogP contribution >= 0.6 is 0 Å². The summed E-state index contributed by atoms with van der Waals surface area (Å²) in [6, 6.07) is 0. The van der Waals surface area contributed by atoms with E-state index in [9.17, 15) is 30.7 Å². The second-order valence-corrected chi connectivity index (χ2v) is 1.50. The maximum Gasteiger partial charge on any atom is 0.411 e. The number of hydrogen-bond donors (Lipinski definition) is 0. The zero-order valence-electron chi connectivity index (χ0n) is 7.12. The smallest absolute Gasteiger partial charge is 0.341 e. The van der Waals surface area contributed by atoms with Gasteiger partial charge >= 0.3 is 6.18 Å². The van der Waals surface area contributed by atoms with E-state index in [1.54, 1.807) is 0 Å². The fourth-order valence-corrected chi connectivity index (χ4v) is 0.154. The molecule has 0 unspecified atom stereocenters. The number of nitrogens with zero attached hydrogens (tertiary/aromatic N) is 1. The number of alkyl halides is 4. The minimum atomic E-state index is -4.41. The first-order valence-corrected chi connectivity index (χ1v) is 2.91. The second-order valence-electron chi connectivity index (χ2n) is 1.50. The highest BCUT2D eigenvalue weighted by Gasteiger charge is 2.27. The third kappa shape index (κ3) is 106. The van der Waals surface area contributed by atoms with Crippen LogP contribution in [0.3, 0.4) is 0 Å². The highest BCUT2D eigenvalue weighted by atomic mass is 19.4. The molecule has 0 aliphatic rings. The number of ether oxygens (including phenoxy) is 1. The Balaban J connectivity index is -0.000000173. The van der Waals surface area contributed by atoms with E-state index >= 15 is 0 Å². The van der Waals surface area contributed by atoms with Crippen LogP contribution in [0, 0.1) is 11.6 Å². The van der Waals surface area contributed by atoms with Crippen LogP contribution in [0.4, 0.5) is 30.7 Å². The van der Waals surface area contributed by atoms with Crippen LogP contribution in [-0.4, -0.2) is 19.6 Å². The molecule has 0 N–H and O–H groups in total. The summed E-state index contributed by atoms with van der Waals surface area (Å²) in [5.74, 6) is 0. The summed E-state index contributed by atoms with van der Waals surface area (Å²) in [6.07, 6.45) is -5.99. The molecule has 0 rings (SSSR count). The van der Waals surface area contributed by atoms with Crippen molar-refractivity contribution >= 4 is 0 Å². The fraction of sp³-hybridized carbons (Fsp3) is 0.500. The van der Waals surface area contributed by atoms with Crippen molar-refractivity contribution in [2.45, 2.75) is 6.18 Å². The Bertz CT molecular complexity index is 181. The largest absolute Gasteiger partial charge is 0.411 e. The molecule has 0 aromatic carbocycles. The molecule has 15 heavy (non-hydrogen) atoms. The second kappa shape index (κ2) is 12.7. The normalized spacial score (nSPS) is 8.67. The van der Waals surface area contributed by atoms with E-state index in [-0.39, 0.29) is 6.32 Å². The van der Waals surface area contributed by atoms with Gasteiger partial charge in [0.15, 0.2) is 6.86 Å². The molecule has 9 heteroatoms. The average molecular weight is 241 g/mol. The predicted molar refractivity (Wildman–Crippen MR) is 36.1 cm³/mol. The quantitative estimate of drug-likeness (QED) is 0.694. The Morgan fingerprint density at radius 3 is 1.67 bits per heavy atom. The molecular weight excluding hydrogens is 235 g/mol. The minimum absolute atomic E-state index is 0.250. The SMILES string of the molecule is C=C(F)F.FCOCC(F)(F)F.N#CF. The molecule has 0 aliphatic heterocycles. The molecule has 0 aromatic heterocycles. The number of halogens is 7. The fourth-order valence-electron chi connectivity index (χ4n) is 0.154.